The zero-order valence-corrected chi connectivity index (χ0v) is 79.2. The quantitative estimate of drug-likeness (QED) is 0.0275. The van der Waals surface area contributed by atoms with E-state index in [9.17, 15) is 38.4 Å². The normalized spacial score (nSPS) is 21.0. The zero-order valence-electron chi connectivity index (χ0n) is 79.2. The van der Waals surface area contributed by atoms with Gasteiger partial charge in [0.15, 0.2) is 11.6 Å². The summed E-state index contributed by atoms with van der Waals surface area (Å²) in [5.74, 6) is -8.77. The maximum absolute atomic E-state index is 16.8. The molecule has 1 saturated carbocycles. The lowest BCUT2D eigenvalue weighted by Crippen LogP contribution is -2.53. The van der Waals surface area contributed by atoms with Crippen molar-refractivity contribution in [2.45, 2.75) is 162 Å². The number of imidazole rings is 2. The standard InChI is InChI=1S/C53H53F2N7O9.C45H41F2N5O5.C9H15NO5/c1-67-50(65)59-45(30-7-4-3-5-8-30)49(64)62-29-52(70-21-22-71-52)27-44(62)41-26-35-23-32(12-15-40(35)57-41)33-10-13-36-37-14-11-34(25-39(37)53(54,55)38(36)24-33)42-28-56-47(58-42)43-9-6-18-61(43)48(63)46(60-51(66)68-2)31-16-19-69-20-17-31;1-55-43(54)51-40(26-7-3-2-4-8-26)42(53)52-25-44(56-17-18-57-44)23-39(52)37-22-31-19-28(13-16-36(31)49-37)29-11-14-32-33-15-12-30(21-35(33)45(46,47)34(32)20-29)38-24-48-41(50-38)27-9-5-6-10-27;1-14-9(13)10-7(8(11)12)6-2-4-15-5-3-6/h3-5,7-8,10-15,23-25,28,31,43-46H,6,9,16-22,26-27,29H2,1-2H3,(H,56,58)(H,59,65)(H,60,66);2-4,7-8,11-16,19-21,24,27,39-40H,5-6,9-10,17-18,22-23,25H2,1H3,(H,48,50)(H,51,54);6-7H,2-5H2,1H3,(H,10,13)(H,11,12)/t43-,44-,45+,46-;39-,40+;7-/m000/s1. The molecule has 9 aliphatic heterocycles. The fraction of sp³-hybridized carbons (Fsp3) is 0.402. The van der Waals surface area contributed by atoms with E-state index in [-0.39, 0.29) is 64.9 Å². The summed E-state index contributed by atoms with van der Waals surface area (Å²) >= 11 is 0. The highest BCUT2D eigenvalue weighted by Gasteiger charge is 2.57. The van der Waals surface area contributed by atoms with E-state index in [1.165, 1.54) is 47.3 Å². The molecule has 2 spiro atoms. The smallest absolute Gasteiger partial charge is 0.407 e. The van der Waals surface area contributed by atoms with Gasteiger partial charge in [-0.1, -0.05) is 134 Å². The van der Waals surface area contributed by atoms with Gasteiger partial charge < -0.3 is 98.4 Å². The molecule has 8 aromatic carbocycles. The number of H-pyrrole nitrogens is 2. The molecular weight excluding hydrogens is 1850 g/mol. The molecule has 8 fully saturated rings. The average Bonchev–Trinajstić information content (AvgIpc) is 1.57. The molecule has 0 unspecified atom stereocenters. The van der Waals surface area contributed by atoms with Gasteiger partial charge in [0.05, 0.1) is 121 Å². The number of aliphatic imine (C=N–C) groups is 2. The number of aromatic nitrogens is 4. The van der Waals surface area contributed by atoms with Gasteiger partial charge in [-0.15, -0.1) is 0 Å². The van der Waals surface area contributed by atoms with Crippen LogP contribution in [0.3, 0.4) is 0 Å². The highest BCUT2D eigenvalue weighted by atomic mass is 19.3. The number of fused-ring (bicyclic) bond motifs is 8. The van der Waals surface area contributed by atoms with E-state index >= 15 is 17.6 Å². The van der Waals surface area contributed by atoms with E-state index < -0.39 is 96.1 Å². The van der Waals surface area contributed by atoms with Crippen molar-refractivity contribution in [3.8, 4) is 67.0 Å². The predicted molar refractivity (Wildman–Crippen MR) is 515 cm³/mol. The van der Waals surface area contributed by atoms with Crippen LogP contribution in [0.15, 0.2) is 192 Å². The van der Waals surface area contributed by atoms with E-state index in [4.69, 9.17) is 57.7 Å². The molecule has 7 atom stereocenters. The number of likely N-dealkylation sites (tertiary alicyclic amines) is 3. The van der Waals surface area contributed by atoms with Gasteiger partial charge in [-0.25, -0.2) is 33.9 Å². The van der Waals surface area contributed by atoms with Crippen LogP contribution in [0.5, 0.6) is 0 Å². The molecule has 36 heteroatoms. The number of hydrogen-bond acceptors (Lipinski definition) is 22. The third-order valence-corrected chi connectivity index (χ3v) is 29.6. The van der Waals surface area contributed by atoms with Crippen LogP contribution < -0.4 is 21.3 Å². The second-order valence-corrected chi connectivity index (χ2v) is 38.0. The summed E-state index contributed by atoms with van der Waals surface area (Å²) < 4.78 is 120. The molecule has 11 heterocycles. The Balaban J connectivity index is 0.000000155. The minimum Gasteiger partial charge on any atom is -0.480 e. The number of hydrogen-bond donors (Lipinski definition) is 7. The van der Waals surface area contributed by atoms with Crippen LogP contribution in [0.4, 0.5) is 48.1 Å². The number of carbonyl (C=O) groups is 8. The Kier molecular flexibility index (Phi) is 27.2. The number of amides is 7. The van der Waals surface area contributed by atoms with Gasteiger partial charge in [0.1, 0.15) is 35.8 Å². The van der Waals surface area contributed by atoms with Crippen molar-refractivity contribution in [1.82, 2.24) is 55.9 Å². The molecule has 3 aliphatic carbocycles. The molecule has 0 radical (unpaired) electrons. The lowest BCUT2D eigenvalue weighted by Gasteiger charge is -2.34. The minimum absolute atomic E-state index is 0.00360. The largest absolute Gasteiger partial charge is 0.480 e. The summed E-state index contributed by atoms with van der Waals surface area (Å²) in [6.07, 6.45) is 10.6. The van der Waals surface area contributed by atoms with Crippen molar-refractivity contribution in [3.05, 3.63) is 238 Å². The zero-order chi connectivity index (χ0) is 99.2. The van der Waals surface area contributed by atoms with Gasteiger partial charge in [0, 0.05) is 109 Å². The van der Waals surface area contributed by atoms with Gasteiger partial charge in [-0.05, 0) is 178 Å². The SMILES string of the molecule is COC(=O)N[C@@H](C(=O)N1CC2(C[C@H]1C1=Nc3ccc(-c4ccc5c(c4)C(F)(F)c4cc(-c6cnc(C7CCCC7)[nH]6)ccc4-5)cc3C1)OCCO2)c1ccccc1.COC(=O)N[C@H](C(=O)N1CCC[C@H]1c1ncc(-c2ccc3c(c2)C(F)(F)c2cc(-c4ccc5c(c4)CC([C@@H]4CC6(CN4C(=O)[C@H](NC(=O)OC)c4ccccc4)OCCO6)=N5)ccc2-3)[nH]1)C1CCOCC1.COC(=O)N[C@H](C(=O)O)C1CCOCC1. The maximum Gasteiger partial charge on any atom is 0.407 e. The van der Waals surface area contributed by atoms with E-state index in [1.807, 2.05) is 66.7 Å². The molecule has 12 aliphatic rings. The first kappa shape index (κ1) is 96.5. The van der Waals surface area contributed by atoms with Crippen LogP contribution in [0.2, 0.25) is 0 Å². The van der Waals surface area contributed by atoms with Crippen molar-refractivity contribution < 1.29 is 108 Å². The van der Waals surface area contributed by atoms with Gasteiger partial charge in [0.25, 0.3) is 23.7 Å². The molecule has 7 saturated heterocycles. The summed E-state index contributed by atoms with van der Waals surface area (Å²) in [5, 5.41) is 19.5. The van der Waals surface area contributed by atoms with Crippen LogP contribution in [0.1, 0.15) is 157 Å². The summed E-state index contributed by atoms with van der Waals surface area (Å²) in [7, 11) is 4.97. The molecule has 744 valence electrons. The Morgan fingerprint density at radius 2 is 0.790 bits per heavy atom. The summed E-state index contributed by atoms with van der Waals surface area (Å²) in [6.45, 7) is 4.44. The van der Waals surface area contributed by atoms with Crippen molar-refractivity contribution in [2.24, 2.45) is 21.8 Å². The van der Waals surface area contributed by atoms with E-state index in [2.05, 4.69) is 45.9 Å². The molecule has 7 N–H and O–H groups in total. The summed E-state index contributed by atoms with van der Waals surface area (Å²) in [4.78, 5) is 133. The van der Waals surface area contributed by atoms with Crippen LogP contribution in [0, 0.1) is 11.8 Å². The molecule has 22 rings (SSSR count). The third-order valence-electron chi connectivity index (χ3n) is 29.6. The Hall–Kier alpha value is -14.0. The number of methoxy groups -OCH3 is 4. The van der Waals surface area contributed by atoms with Crippen LogP contribution in [-0.4, -0.2) is 236 Å². The first-order valence-corrected chi connectivity index (χ1v) is 48.5. The van der Waals surface area contributed by atoms with Crippen LogP contribution in [-0.2, 0) is 91.2 Å². The van der Waals surface area contributed by atoms with Crippen LogP contribution >= 0.6 is 0 Å². The van der Waals surface area contributed by atoms with E-state index in [0.717, 1.165) is 70.1 Å². The van der Waals surface area contributed by atoms with Crippen molar-refractivity contribution in [1.29, 1.82) is 0 Å². The van der Waals surface area contributed by atoms with Gasteiger partial charge in [-0.3, -0.25) is 24.4 Å². The number of ether oxygens (including phenoxy) is 10. The number of carbonyl (C=O) groups excluding carboxylic acids is 7. The molecule has 32 nitrogen and oxygen atoms in total. The fourth-order valence-corrected chi connectivity index (χ4v) is 22.3. The van der Waals surface area contributed by atoms with Gasteiger partial charge in [-0.2, -0.15) is 17.6 Å². The van der Waals surface area contributed by atoms with Crippen LogP contribution in [0.25, 0.3) is 67.0 Å². The second kappa shape index (κ2) is 40.4. The average molecular weight is 1960 g/mol. The number of aromatic amines is 2. The third kappa shape index (κ3) is 19.2. The number of carboxylic acids is 1. The molecule has 7 amide bonds. The number of alkyl halides is 4. The Morgan fingerprint density at radius 3 is 1.22 bits per heavy atom. The lowest BCUT2D eigenvalue weighted by molar-refractivity contribution is -0.153. The molecular formula is C107H109F4N13O19. The van der Waals surface area contributed by atoms with Crippen molar-refractivity contribution in [3.63, 3.8) is 0 Å². The Morgan fingerprint density at radius 1 is 0.413 bits per heavy atom. The molecule has 10 aromatic rings. The number of benzene rings is 8. The maximum atomic E-state index is 16.8. The van der Waals surface area contributed by atoms with Gasteiger partial charge in [0.2, 0.25) is 5.91 Å². The molecule has 143 heavy (non-hydrogen) atoms. The molecule has 0 bridgehead atoms. The first-order valence-electron chi connectivity index (χ1n) is 48.5. The summed E-state index contributed by atoms with van der Waals surface area (Å²) in [5.41, 5.74) is 13.0. The number of nitrogens with zero attached hydrogens (tertiary/aromatic N) is 7. The number of halogens is 4. The number of aliphatic carboxylic acids is 1. The minimum atomic E-state index is -3.31. The van der Waals surface area contributed by atoms with Gasteiger partial charge >= 0.3 is 30.3 Å². The highest BCUT2D eigenvalue weighted by Crippen LogP contribution is 2.56. The molecule has 2 aromatic heterocycles. The van der Waals surface area contributed by atoms with Crippen molar-refractivity contribution >= 4 is 70.9 Å². The van der Waals surface area contributed by atoms with E-state index in [1.54, 1.807) is 124 Å². The van der Waals surface area contributed by atoms with Crippen molar-refractivity contribution in [2.75, 3.05) is 101 Å². The predicted octanol–water partition coefficient (Wildman–Crippen LogP) is 16.6. The Bertz CT molecular complexity index is 6610. The Labute approximate surface area is 820 Å². The number of alkyl carbamates (subject to hydrolysis) is 4. The fourth-order valence-electron chi connectivity index (χ4n) is 22.3. The highest BCUT2D eigenvalue weighted by molar-refractivity contribution is 6.04. The lowest BCUT2D eigenvalue weighted by atomic mass is 9.90. The first-order chi connectivity index (χ1) is 69.3. The number of nitrogens with one attached hydrogen (secondary N) is 6. The number of rotatable bonds is 20. The van der Waals surface area contributed by atoms with E-state index in [0.29, 0.717) is 196 Å². The number of carboxylic acid groups (broad SMARTS) is 1. The second-order valence-electron chi connectivity index (χ2n) is 38.0. The summed E-state index contributed by atoms with van der Waals surface area (Å²) in [6, 6.07) is 45.2. The topological polar surface area (TPSA) is 389 Å². The monoisotopic (exact) mass is 1960 g/mol.